The third kappa shape index (κ3) is 3.04. The molecule has 0 saturated carbocycles. The highest BCUT2D eigenvalue weighted by molar-refractivity contribution is 6.03. The first-order valence-electron chi connectivity index (χ1n) is 6.87. The third-order valence-corrected chi connectivity index (χ3v) is 3.84. The zero-order chi connectivity index (χ0) is 14.0. The fourth-order valence-electron chi connectivity index (χ4n) is 2.72. The molecule has 104 valence electrons. The van der Waals surface area contributed by atoms with Gasteiger partial charge in [-0.2, -0.15) is 0 Å². The van der Waals surface area contributed by atoms with E-state index in [0.29, 0.717) is 13.2 Å². The Morgan fingerprint density at radius 3 is 2.16 bits per heavy atom. The van der Waals surface area contributed by atoms with E-state index in [-0.39, 0.29) is 5.78 Å². The minimum atomic E-state index is -0.468. The first-order chi connectivity index (χ1) is 8.91. The lowest BCUT2D eigenvalue weighted by molar-refractivity contribution is -0.00430. The first kappa shape index (κ1) is 14.2. The molecule has 0 spiro atoms. The van der Waals surface area contributed by atoms with Crippen molar-refractivity contribution in [3.05, 3.63) is 34.9 Å². The van der Waals surface area contributed by atoms with Gasteiger partial charge in [0.25, 0.3) is 0 Å². The topological polar surface area (TPSA) is 29.5 Å². The van der Waals surface area contributed by atoms with E-state index in [1.165, 1.54) is 0 Å². The molecule has 0 radical (unpaired) electrons. The maximum absolute atomic E-state index is 12.8. The Labute approximate surface area is 115 Å². The van der Waals surface area contributed by atoms with Gasteiger partial charge in [0, 0.05) is 18.7 Å². The van der Waals surface area contributed by atoms with Crippen molar-refractivity contribution in [3.8, 4) is 0 Å². The minimum absolute atomic E-state index is 0.196. The summed E-state index contributed by atoms with van der Waals surface area (Å²) in [4.78, 5) is 15.0. The SMILES string of the molecule is Cc1cc(C)cc(C(=O)C(C)(C)N2CCOCC2)c1. The summed E-state index contributed by atoms with van der Waals surface area (Å²) >= 11 is 0. The van der Waals surface area contributed by atoms with Gasteiger partial charge in [0.05, 0.1) is 18.8 Å². The van der Waals surface area contributed by atoms with Gasteiger partial charge in [0.1, 0.15) is 0 Å². The Hall–Kier alpha value is -1.19. The van der Waals surface area contributed by atoms with Crippen molar-refractivity contribution in [3.63, 3.8) is 0 Å². The fourth-order valence-corrected chi connectivity index (χ4v) is 2.72. The smallest absolute Gasteiger partial charge is 0.182 e. The van der Waals surface area contributed by atoms with Crippen LogP contribution in [0.25, 0.3) is 0 Å². The van der Waals surface area contributed by atoms with Crippen molar-refractivity contribution in [1.82, 2.24) is 4.90 Å². The molecule has 0 amide bonds. The number of Topliss-reactive ketones (excluding diaryl/α,β-unsaturated/α-hetero) is 1. The van der Waals surface area contributed by atoms with E-state index in [1.807, 2.05) is 39.8 Å². The molecule has 1 aliphatic rings. The Bertz CT molecular complexity index is 453. The van der Waals surface area contributed by atoms with Crippen LogP contribution in [0.15, 0.2) is 18.2 Å². The van der Waals surface area contributed by atoms with Crippen LogP contribution in [0.1, 0.15) is 35.3 Å². The van der Waals surface area contributed by atoms with Crippen LogP contribution < -0.4 is 0 Å². The van der Waals surface area contributed by atoms with Gasteiger partial charge in [-0.25, -0.2) is 0 Å². The maximum atomic E-state index is 12.8. The number of benzene rings is 1. The van der Waals surface area contributed by atoms with Crippen LogP contribution in [0.5, 0.6) is 0 Å². The van der Waals surface area contributed by atoms with E-state index >= 15 is 0 Å². The van der Waals surface area contributed by atoms with Crippen LogP contribution in [-0.4, -0.2) is 42.5 Å². The molecule has 0 unspecified atom stereocenters. The summed E-state index contributed by atoms with van der Waals surface area (Å²) in [5.41, 5.74) is 2.63. The van der Waals surface area contributed by atoms with Crippen molar-refractivity contribution >= 4 is 5.78 Å². The Morgan fingerprint density at radius 2 is 1.63 bits per heavy atom. The molecular formula is C16H23NO2. The van der Waals surface area contributed by atoms with Gasteiger partial charge in [0.15, 0.2) is 5.78 Å². The number of carbonyl (C=O) groups excluding carboxylic acids is 1. The van der Waals surface area contributed by atoms with Crippen LogP contribution in [-0.2, 0) is 4.74 Å². The molecule has 1 heterocycles. The molecule has 0 bridgehead atoms. The summed E-state index contributed by atoms with van der Waals surface area (Å²) in [6.07, 6.45) is 0. The number of carbonyl (C=O) groups is 1. The number of ether oxygens (including phenoxy) is 1. The molecule has 0 aromatic heterocycles. The lowest BCUT2D eigenvalue weighted by Crippen LogP contribution is -2.54. The van der Waals surface area contributed by atoms with Crippen LogP contribution in [0.3, 0.4) is 0 Å². The second-order valence-corrected chi connectivity index (χ2v) is 5.86. The van der Waals surface area contributed by atoms with Crippen LogP contribution in [0.2, 0.25) is 0 Å². The highest BCUT2D eigenvalue weighted by atomic mass is 16.5. The number of nitrogens with zero attached hydrogens (tertiary/aromatic N) is 1. The predicted molar refractivity (Wildman–Crippen MR) is 76.7 cm³/mol. The molecule has 19 heavy (non-hydrogen) atoms. The largest absolute Gasteiger partial charge is 0.379 e. The van der Waals surface area contributed by atoms with Gasteiger partial charge in [-0.05, 0) is 39.8 Å². The average Bonchev–Trinajstić information content (AvgIpc) is 2.37. The van der Waals surface area contributed by atoms with Gasteiger partial charge >= 0.3 is 0 Å². The van der Waals surface area contributed by atoms with Gasteiger partial charge in [-0.1, -0.05) is 17.2 Å². The van der Waals surface area contributed by atoms with E-state index in [4.69, 9.17) is 4.74 Å². The van der Waals surface area contributed by atoms with E-state index in [2.05, 4.69) is 11.0 Å². The molecule has 3 nitrogen and oxygen atoms in total. The molecule has 1 aromatic carbocycles. The number of aryl methyl sites for hydroxylation is 2. The normalized spacial score (nSPS) is 17.5. The molecule has 3 heteroatoms. The first-order valence-corrected chi connectivity index (χ1v) is 6.87. The molecule has 0 N–H and O–H groups in total. The lowest BCUT2D eigenvalue weighted by atomic mass is 9.89. The quantitative estimate of drug-likeness (QED) is 0.783. The number of hydrogen-bond donors (Lipinski definition) is 0. The molecule has 0 atom stereocenters. The predicted octanol–water partition coefficient (Wildman–Crippen LogP) is 2.60. The van der Waals surface area contributed by atoms with Crippen molar-refractivity contribution in [2.75, 3.05) is 26.3 Å². The lowest BCUT2D eigenvalue weighted by Gasteiger charge is -2.39. The Morgan fingerprint density at radius 1 is 1.11 bits per heavy atom. The fraction of sp³-hybridized carbons (Fsp3) is 0.562. The number of rotatable bonds is 3. The molecular weight excluding hydrogens is 238 g/mol. The monoisotopic (exact) mass is 261 g/mol. The summed E-state index contributed by atoms with van der Waals surface area (Å²) < 4.78 is 5.37. The molecule has 1 aromatic rings. The Kier molecular flexibility index (Phi) is 4.07. The van der Waals surface area contributed by atoms with Crippen molar-refractivity contribution in [2.24, 2.45) is 0 Å². The molecule has 1 aliphatic heterocycles. The zero-order valence-corrected chi connectivity index (χ0v) is 12.3. The van der Waals surface area contributed by atoms with Gasteiger partial charge in [0.2, 0.25) is 0 Å². The van der Waals surface area contributed by atoms with Crippen molar-refractivity contribution in [2.45, 2.75) is 33.2 Å². The summed E-state index contributed by atoms with van der Waals surface area (Å²) in [7, 11) is 0. The average molecular weight is 261 g/mol. The van der Waals surface area contributed by atoms with Gasteiger partial charge in [-0.15, -0.1) is 0 Å². The van der Waals surface area contributed by atoms with Crippen LogP contribution in [0.4, 0.5) is 0 Å². The van der Waals surface area contributed by atoms with Crippen molar-refractivity contribution in [1.29, 1.82) is 0 Å². The number of ketones is 1. The Balaban J connectivity index is 2.25. The summed E-state index contributed by atoms with van der Waals surface area (Å²) in [6.45, 7) is 11.2. The maximum Gasteiger partial charge on any atom is 0.182 e. The summed E-state index contributed by atoms with van der Waals surface area (Å²) in [5.74, 6) is 0.196. The number of morpholine rings is 1. The second-order valence-electron chi connectivity index (χ2n) is 5.86. The van der Waals surface area contributed by atoms with Gasteiger partial charge < -0.3 is 4.74 Å². The van der Waals surface area contributed by atoms with Gasteiger partial charge in [-0.3, -0.25) is 9.69 Å². The highest BCUT2D eigenvalue weighted by Gasteiger charge is 2.35. The molecule has 1 fully saturated rings. The van der Waals surface area contributed by atoms with E-state index in [0.717, 1.165) is 29.8 Å². The van der Waals surface area contributed by atoms with Crippen LogP contribution >= 0.6 is 0 Å². The summed E-state index contributed by atoms with van der Waals surface area (Å²) in [5, 5.41) is 0. The third-order valence-electron chi connectivity index (χ3n) is 3.84. The van der Waals surface area contributed by atoms with E-state index < -0.39 is 5.54 Å². The molecule has 0 aliphatic carbocycles. The molecule has 1 saturated heterocycles. The molecule has 2 rings (SSSR count). The van der Waals surface area contributed by atoms with Crippen LogP contribution in [0, 0.1) is 13.8 Å². The highest BCUT2D eigenvalue weighted by Crippen LogP contribution is 2.23. The minimum Gasteiger partial charge on any atom is -0.379 e. The standard InChI is InChI=1S/C16H23NO2/c1-12-9-13(2)11-14(10-12)15(18)16(3,4)17-5-7-19-8-6-17/h9-11H,5-8H2,1-4H3. The van der Waals surface area contributed by atoms with Crippen molar-refractivity contribution < 1.29 is 9.53 Å². The zero-order valence-electron chi connectivity index (χ0n) is 12.3. The van der Waals surface area contributed by atoms with E-state index in [9.17, 15) is 4.79 Å². The second kappa shape index (κ2) is 5.43. The number of hydrogen-bond acceptors (Lipinski definition) is 3. The van der Waals surface area contributed by atoms with E-state index in [1.54, 1.807) is 0 Å². The summed E-state index contributed by atoms with van der Waals surface area (Å²) in [6, 6.07) is 6.06.